The number of anilines is 2. The van der Waals surface area contributed by atoms with E-state index in [1.807, 2.05) is 17.9 Å². The van der Waals surface area contributed by atoms with Crippen LogP contribution in [0, 0.1) is 6.92 Å². The number of hydrogen-bond donors (Lipinski definition) is 1. The Bertz CT molecular complexity index is 1150. The number of nitrogens with zero attached hydrogens (tertiary/aromatic N) is 6. The summed E-state index contributed by atoms with van der Waals surface area (Å²) in [5.41, 5.74) is 2.04. The Balaban J connectivity index is 1.24. The highest BCUT2D eigenvalue weighted by molar-refractivity contribution is 5.98. The van der Waals surface area contributed by atoms with Crippen molar-refractivity contribution < 1.29 is 14.3 Å². The lowest BCUT2D eigenvalue weighted by Gasteiger charge is -2.36. The number of ether oxygens (including phenoxy) is 1. The third-order valence-electron chi connectivity index (χ3n) is 5.85. The monoisotopic (exact) mass is 435 g/mol. The van der Waals surface area contributed by atoms with Gasteiger partial charge in [-0.15, -0.1) is 0 Å². The Morgan fingerprint density at radius 1 is 1.16 bits per heavy atom. The molecule has 1 atom stereocenters. The number of carbonyl (C=O) groups excluding carboxylic acids is 2. The van der Waals surface area contributed by atoms with Gasteiger partial charge in [-0.1, -0.05) is 6.07 Å². The summed E-state index contributed by atoms with van der Waals surface area (Å²) in [7, 11) is 0. The lowest BCUT2D eigenvalue weighted by Crippen LogP contribution is -2.49. The van der Waals surface area contributed by atoms with E-state index in [4.69, 9.17) is 4.74 Å². The molecule has 2 aliphatic rings. The van der Waals surface area contributed by atoms with Crippen molar-refractivity contribution in [1.29, 1.82) is 0 Å². The molecule has 0 radical (unpaired) electrons. The van der Waals surface area contributed by atoms with Crippen LogP contribution in [0.3, 0.4) is 0 Å². The van der Waals surface area contributed by atoms with E-state index in [1.165, 1.54) is 6.33 Å². The summed E-state index contributed by atoms with van der Waals surface area (Å²) in [4.78, 5) is 38.0. The van der Waals surface area contributed by atoms with Crippen molar-refractivity contribution in [1.82, 2.24) is 24.5 Å². The van der Waals surface area contributed by atoms with Crippen LogP contribution in [0.15, 0.2) is 36.7 Å². The highest BCUT2D eigenvalue weighted by atomic mass is 16.5. The quantitative estimate of drug-likeness (QED) is 0.662. The number of fused-ring (bicyclic) bond motifs is 1. The van der Waals surface area contributed by atoms with Gasteiger partial charge >= 0.3 is 0 Å². The molecular formula is C22H25N7O3. The van der Waals surface area contributed by atoms with Crippen molar-refractivity contribution in [3.63, 3.8) is 0 Å². The number of piperazine rings is 1. The van der Waals surface area contributed by atoms with Gasteiger partial charge in [-0.25, -0.2) is 4.98 Å². The first kappa shape index (κ1) is 20.4. The minimum absolute atomic E-state index is 0.0466. The molecule has 2 aliphatic heterocycles. The van der Waals surface area contributed by atoms with Crippen molar-refractivity contribution in [2.75, 3.05) is 43.0 Å². The lowest BCUT2D eigenvalue weighted by molar-refractivity contribution is -0.124. The molecule has 1 unspecified atom stereocenters. The molecule has 166 valence electrons. The Morgan fingerprint density at radius 2 is 2.00 bits per heavy atom. The largest absolute Gasteiger partial charge is 0.368 e. The number of benzene rings is 1. The number of carbonyl (C=O) groups is 2. The van der Waals surface area contributed by atoms with Crippen LogP contribution in [0.25, 0.3) is 5.78 Å². The molecule has 5 rings (SSSR count). The van der Waals surface area contributed by atoms with Gasteiger partial charge < -0.3 is 19.9 Å². The van der Waals surface area contributed by atoms with E-state index in [2.05, 4.69) is 25.3 Å². The number of nitrogens with one attached hydrogen (secondary N) is 1. The molecule has 10 heteroatoms. The summed E-state index contributed by atoms with van der Waals surface area (Å²) in [5, 5.41) is 7.14. The molecule has 1 aromatic carbocycles. The summed E-state index contributed by atoms with van der Waals surface area (Å²) in [5.74, 6) is 1.29. The fourth-order valence-electron chi connectivity index (χ4n) is 4.19. The van der Waals surface area contributed by atoms with Crippen molar-refractivity contribution in [3.8, 4) is 0 Å². The van der Waals surface area contributed by atoms with E-state index >= 15 is 0 Å². The van der Waals surface area contributed by atoms with Crippen molar-refractivity contribution in [2.24, 2.45) is 0 Å². The predicted molar refractivity (Wildman–Crippen MR) is 118 cm³/mol. The van der Waals surface area contributed by atoms with E-state index in [1.54, 1.807) is 28.8 Å². The van der Waals surface area contributed by atoms with Gasteiger partial charge in [0.25, 0.3) is 17.6 Å². The Kier molecular flexibility index (Phi) is 5.44. The second kappa shape index (κ2) is 8.54. The molecular weight excluding hydrogens is 410 g/mol. The number of amides is 2. The minimum Gasteiger partial charge on any atom is -0.368 e. The first-order chi connectivity index (χ1) is 15.6. The zero-order valence-electron chi connectivity index (χ0n) is 17.9. The van der Waals surface area contributed by atoms with E-state index in [9.17, 15) is 9.59 Å². The first-order valence-electron chi connectivity index (χ1n) is 10.8. The molecule has 3 aromatic rings. The second-order valence-corrected chi connectivity index (χ2v) is 8.08. The van der Waals surface area contributed by atoms with Crippen LogP contribution in [-0.4, -0.2) is 75.2 Å². The fourth-order valence-corrected chi connectivity index (χ4v) is 4.19. The van der Waals surface area contributed by atoms with Gasteiger partial charge in [-0.05, 0) is 38.0 Å². The molecule has 2 aromatic heterocycles. The third kappa shape index (κ3) is 4.01. The van der Waals surface area contributed by atoms with Crippen LogP contribution in [-0.2, 0) is 9.53 Å². The molecule has 2 amide bonds. The van der Waals surface area contributed by atoms with Crippen LogP contribution in [0.5, 0.6) is 0 Å². The molecule has 10 nitrogen and oxygen atoms in total. The van der Waals surface area contributed by atoms with Crippen LogP contribution in [0.4, 0.5) is 11.5 Å². The number of aryl methyl sites for hydroxylation is 1. The summed E-state index contributed by atoms with van der Waals surface area (Å²) in [6.45, 7) is 5.08. The zero-order valence-corrected chi connectivity index (χ0v) is 17.9. The predicted octanol–water partition coefficient (Wildman–Crippen LogP) is 1.51. The van der Waals surface area contributed by atoms with Gasteiger partial charge in [0.1, 0.15) is 18.2 Å². The SMILES string of the molecule is Cc1cc(N2CCN(C(=O)c3cccc(NC(=O)C4CCCO4)c3)CC2)n2ncnc2n1. The molecule has 4 heterocycles. The van der Waals surface area contributed by atoms with Gasteiger partial charge in [-0.3, -0.25) is 9.59 Å². The summed E-state index contributed by atoms with van der Waals surface area (Å²) in [6.07, 6.45) is 2.71. The highest BCUT2D eigenvalue weighted by Gasteiger charge is 2.26. The van der Waals surface area contributed by atoms with Crippen molar-refractivity contribution in [2.45, 2.75) is 25.9 Å². The summed E-state index contributed by atoms with van der Waals surface area (Å²) < 4.78 is 7.16. The topological polar surface area (TPSA) is 105 Å². The molecule has 2 fully saturated rings. The molecule has 0 saturated carbocycles. The average Bonchev–Trinajstić information content (AvgIpc) is 3.51. The number of aromatic nitrogens is 4. The Morgan fingerprint density at radius 3 is 2.78 bits per heavy atom. The third-order valence-corrected chi connectivity index (χ3v) is 5.85. The Hall–Kier alpha value is -3.53. The van der Waals surface area contributed by atoms with Crippen LogP contribution in [0.2, 0.25) is 0 Å². The summed E-state index contributed by atoms with van der Waals surface area (Å²) >= 11 is 0. The molecule has 0 bridgehead atoms. The highest BCUT2D eigenvalue weighted by Crippen LogP contribution is 2.20. The summed E-state index contributed by atoms with van der Waals surface area (Å²) in [6, 6.07) is 9.07. The maximum absolute atomic E-state index is 13.1. The fraction of sp³-hybridized carbons (Fsp3) is 0.409. The van der Waals surface area contributed by atoms with Gasteiger partial charge in [0.05, 0.1) is 0 Å². The standard InChI is InChI=1S/C22H25N7O3/c1-15-12-19(29-22(25-15)23-14-24-29)27-7-9-28(10-8-27)21(31)16-4-2-5-17(13-16)26-20(30)18-6-3-11-32-18/h2,4-5,12-14,18H,3,6-11H2,1H3,(H,26,30). The first-order valence-corrected chi connectivity index (χ1v) is 10.8. The van der Waals surface area contributed by atoms with Gasteiger partial charge in [0.15, 0.2) is 0 Å². The second-order valence-electron chi connectivity index (χ2n) is 8.08. The van der Waals surface area contributed by atoms with Crippen LogP contribution < -0.4 is 10.2 Å². The van der Waals surface area contributed by atoms with E-state index in [0.29, 0.717) is 49.8 Å². The molecule has 32 heavy (non-hydrogen) atoms. The minimum atomic E-state index is -0.407. The zero-order chi connectivity index (χ0) is 22.1. The van der Waals surface area contributed by atoms with Gasteiger partial charge in [0, 0.05) is 55.8 Å². The maximum atomic E-state index is 13.1. The Labute approximate surface area is 185 Å². The van der Waals surface area contributed by atoms with Crippen LogP contribution in [0.1, 0.15) is 28.9 Å². The van der Waals surface area contributed by atoms with Crippen LogP contribution >= 0.6 is 0 Å². The van der Waals surface area contributed by atoms with Crippen molar-refractivity contribution in [3.05, 3.63) is 47.9 Å². The molecule has 2 saturated heterocycles. The molecule has 1 N–H and O–H groups in total. The average molecular weight is 435 g/mol. The van der Waals surface area contributed by atoms with E-state index in [-0.39, 0.29) is 11.8 Å². The number of hydrogen-bond acceptors (Lipinski definition) is 7. The van der Waals surface area contributed by atoms with Gasteiger partial charge in [-0.2, -0.15) is 14.6 Å². The van der Waals surface area contributed by atoms with E-state index < -0.39 is 6.10 Å². The lowest BCUT2D eigenvalue weighted by atomic mass is 10.1. The van der Waals surface area contributed by atoms with Crippen molar-refractivity contribution >= 4 is 29.1 Å². The molecule has 0 aliphatic carbocycles. The smallest absolute Gasteiger partial charge is 0.254 e. The number of rotatable bonds is 4. The molecule has 0 spiro atoms. The maximum Gasteiger partial charge on any atom is 0.254 e. The van der Waals surface area contributed by atoms with Gasteiger partial charge in [0.2, 0.25) is 0 Å². The van der Waals surface area contributed by atoms with E-state index in [0.717, 1.165) is 24.4 Å². The normalized spacial score (nSPS) is 18.8.